The molecule has 1 aliphatic carbocycles. The van der Waals surface area contributed by atoms with Gasteiger partial charge in [-0.1, -0.05) is 30.3 Å². The molecule has 1 aliphatic heterocycles. The van der Waals surface area contributed by atoms with Gasteiger partial charge in [0.1, 0.15) is 6.04 Å². The Labute approximate surface area is 119 Å². The first kappa shape index (κ1) is 13.2. The van der Waals surface area contributed by atoms with Crippen molar-refractivity contribution in [1.82, 2.24) is 10.2 Å². The quantitative estimate of drug-likeness (QED) is 0.909. The first-order valence-electron chi connectivity index (χ1n) is 7.40. The molecule has 20 heavy (non-hydrogen) atoms. The topological polar surface area (TPSA) is 49.4 Å². The summed E-state index contributed by atoms with van der Waals surface area (Å²) in [6.07, 6.45) is 4.02. The average molecular weight is 272 g/mol. The zero-order valence-corrected chi connectivity index (χ0v) is 11.5. The summed E-state index contributed by atoms with van der Waals surface area (Å²) >= 11 is 0. The Kier molecular flexibility index (Phi) is 3.72. The van der Waals surface area contributed by atoms with E-state index in [9.17, 15) is 9.59 Å². The molecule has 1 aromatic rings. The van der Waals surface area contributed by atoms with Gasteiger partial charge in [-0.2, -0.15) is 0 Å². The lowest BCUT2D eigenvalue weighted by molar-refractivity contribution is -0.136. The van der Waals surface area contributed by atoms with Crippen LogP contribution in [0.2, 0.25) is 0 Å². The van der Waals surface area contributed by atoms with Gasteiger partial charge >= 0.3 is 0 Å². The maximum Gasteiger partial charge on any atom is 0.249 e. The highest BCUT2D eigenvalue weighted by Gasteiger charge is 2.34. The third-order valence-corrected chi connectivity index (χ3v) is 4.03. The molecule has 0 spiro atoms. The number of nitrogens with one attached hydrogen (secondary N) is 1. The van der Waals surface area contributed by atoms with Gasteiger partial charge in [-0.3, -0.25) is 9.59 Å². The largest absolute Gasteiger partial charge is 0.341 e. The van der Waals surface area contributed by atoms with Crippen molar-refractivity contribution in [3.63, 3.8) is 0 Å². The smallest absolute Gasteiger partial charge is 0.249 e. The van der Waals surface area contributed by atoms with E-state index in [1.807, 2.05) is 35.2 Å². The van der Waals surface area contributed by atoms with Gasteiger partial charge in [0.25, 0.3) is 0 Å². The highest BCUT2D eigenvalue weighted by atomic mass is 16.2. The molecule has 0 bridgehead atoms. The summed E-state index contributed by atoms with van der Waals surface area (Å²) in [7, 11) is 0. The van der Waals surface area contributed by atoms with Crippen LogP contribution in [-0.2, 0) is 9.59 Å². The minimum Gasteiger partial charge on any atom is -0.341 e. The number of amides is 2. The van der Waals surface area contributed by atoms with Crippen LogP contribution < -0.4 is 5.32 Å². The molecule has 2 fully saturated rings. The number of rotatable bonds is 4. The molecular formula is C16H20N2O2. The van der Waals surface area contributed by atoms with E-state index >= 15 is 0 Å². The summed E-state index contributed by atoms with van der Waals surface area (Å²) in [5.41, 5.74) is 0.874. The van der Waals surface area contributed by atoms with Crippen LogP contribution in [0.1, 0.15) is 37.3 Å². The SMILES string of the molecule is O=C(N[C@H](C(=O)N1CCCC1)c1ccccc1)C1CC1. The van der Waals surface area contributed by atoms with Crippen LogP contribution >= 0.6 is 0 Å². The summed E-state index contributed by atoms with van der Waals surface area (Å²) in [5.74, 6) is 0.168. The van der Waals surface area contributed by atoms with Gasteiger partial charge in [0, 0.05) is 19.0 Å². The molecule has 4 nitrogen and oxygen atoms in total. The van der Waals surface area contributed by atoms with Crippen LogP contribution in [-0.4, -0.2) is 29.8 Å². The van der Waals surface area contributed by atoms with E-state index in [0.29, 0.717) is 0 Å². The first-order valence-corrected chi connectivity index (χ1v) is 7.40. The second-order valence-corrected chi connectivity index (χ2v) is 5.66. The van der Waals surface area contributed by atoms with Gasteiger partial charge in [0.15, 0.2) is 0 Å². The Morgan fingerprint density at radius 1 is 1.10 bits per heavy atom. The third-order valence-electron chi connectivity index (χ3n) is 4.03. The average Bonchev–Trinajstić information content (AvgIpc) is 3.20. The van der Waals surface area contributed by atoms with Gasteiger partial charge in [0.2, 0.25) is 11.8 Å². The first-order chi connectivity index (χ1) is 9.75. The fourth-order valence-electron chi connectivity index (χ4n) is 2.66. The van der Waals surface area contributed by atoms with Crippen molar-refractivity contribution in [1.29, 1.82) is 0 Å². The van der Waals surface area contributed by atoms with E-state index < -0.39 is 6.04 Å². The van der Waals surface area contributed by atoms with Crippen molar-refractivity contribution in [2.45, 2.75) is 31.7 Å². The Bertz CT molecular complexity index is 490. The zero-order chi connectivity index (χ0) is 13.9. The Morgan fingerprint density at radius 3 is 2.35 bits per heavy atom. The maximum atomic E-state index is 12.6. The second-order valence-electron chi connectivity index (χ2n) is 5.66. The second kappa shape index (κ2) is 5.65. The number of nitrogens with zero attached hydrogens (tertiary/aromatic N) is 1. The molecule has 0 aromatic heterocycles. The molecule has 106 valence electrons. The minimum atomic E-state index is -0.526. The number of hydrogen-bond acceptors (Lipinski definition) is 2. The van der Waals surface area contributed by atoms with Crippen LogP contribution in [0.15, 0.2) is 30.3 Å². The van der Waals surface area contributed by atoms with E-state index in [4.69, 9.17) is 0 Å². The molecule has 2 amide bonds. The van der Waals surface area contributed by atoms with E-state index in [0.717, 1.165) is 44.3 Å². The maximum absolute atomic E-state index is 12.6. The molecule has 1 saturated heterocycles. The Hall–Kier alpha value is -1.84. The van der Waals surface area contributed by atoms with E-state index in [2.05, 4.69) is 5.32 Å². The number of likely N-dealkylation sites (tertiary alicyclic amines) is 1. The molecule has 1 heterocycles. The Morgan fingerprint density at radius 2 is 1.75 bits per heavy atom. The van der Waals surface area contributed by atoms with Crippen molar-refractivity contribution in [3.05, 3.63) is 35.9 Å². The van der Waals surface area contributed by atoms with Gasteiger partial charge in [-0.15, -0.1) is 0 Å². The van der Waals surface area contributed by atoms with Crippen LogP contribution in [0.4, 0.5) is 0 Å². The van der Waals surface area contributed by atoms with Crippen molar-refractivity contribution < 1.29 is 9.59 Å². The highest BCUT2D eigenvalue weighted by Crippen LogP contribution is 2.30. The Balaban J connectivity index is 1.78. The summed E-state index contributed by atoms with van der Waals surface area (Å²) in [5, 5.41) is 2.94. The normalized spacial score (nSPS) is 19.7. The van der Waals surface area contributed by atoms with E-state index in [1.165, 1.54) is 0 Å². The molecule has 2 aliphatic rings. The fourth-order valence-corrected chi connectivity index (χ4v) is 2.66. The lowest BCUT2D eigenvalue weighted by atomic mass is 10.1. The van der Waals surface area contributed by atoms with Crippen LogP contribution in [0.5, 0.6) is 0 Å². The molecule has 0 radical (unpaired) electrons. The van der Waals surface area contributed by atoms with Gasteiger partial charge in [-0.05, 0) is 31.2 Å². The van der Waals surface area contributed by atoms with Gasteiger partial charge in [0.05, 0.1) is 0 Å². The zero-order valence-electron chi connectivity index (χ0n) is 11.5. The van der Waals surface area contributed by atoms with Crippen LogP contribution in [0.25, 0.3) is 0 Å². The van der Waals surface area contributed by atoms with Crippen molar-refractivity contribution in [2.75, 3.05) is 13.1 Å². The summed E-state index contributed by atoms with van der Waals surface area (Å²) < 4.78 is 0. The highest BCUT2D eigenvalue weighted by molar-refractivity contribution is 5.90. The molecule has 1 N–H and O–H groups in total. The summed E-state index contributed by atoms with van der Waals surface area (Å²) in [6.45, 7) is 1.61. The van der Waals surface area contributed by atoms with Gasteiger partial charge < -0.3 is 10.2 Å². The number of hydrogen-bond donors (Lipinski definition) is 1. The standard InChI is InChI=1S/C16H20N2O2/c19-15(13-8-9-13)17-14(12-6-2-1-3-7-12)16(20)18-10-4-5-11-18/h1-3,6-7,13-14H,4-5,8-11H2,(H,17,19)/t14-/m0/s1. The molecule has 0 unspecified atom stereocenters. The third kappa shape index (κ3) is 2.84. The van der Waals surface area contributed by atoms with E-state index in [1.54, 1.807) is 0 Å². The molecular weight excluding hydrogens is 252 g/mol. The lowest BCUT2D eigenvalue weighted by Gasteiger charge is -2.24. The summed E-state index contributed by atoms with van der Waals surface area (Å²) in [6, 6.07) is 9.02. The van der Waals surface area contributed by atoms with Crippen molar-refractivity contribution in [3.8, 4) is 0 Å². The predicted molar refractivity (Wildman–Crippen MR) is 75.9 cm³/mol. The van der Waals surface area contributed by atoms with Crippen LogP contribution in [0.3, 0.4) is 0 Å². The monoisotopic (exact) mass is 272 g/mol. The molecule has 1 saturated carbocycles. The molecule has 4 heteroatoms. The predicted octanol–water partition coefficient (Wildman–Crippen LogP) is 1.88. The summed E-state index contributed by atoms with van der Waals surface area (Å²) in [4.78, 5) is 26.5. The number of carbonyl (C=O) groups excluding carboxylic acids is 2. The number of carbonyl (C=O) groups is 2. The van der Waals surface area contributed by atoms with Crippen LogP contribution in [0, 0.1) is 5.92 Å². The van der Waals surface area contributed by atoms with Crippen molar-refractivity contribution >= 4 is 11.8 Å². The van der Waals surface area contributed by atoms with Crippen molar-refractivity contribution in [2.24, 2.45) is 5.92 Å². The molecule has 1 atom stereocenters. The lowest BCUT2D eigenvalue weighted by Crippen LogP contribution is -2.42. The van der Waals surface area contributed by atoms with Gasteiger partial charge in [-0.25, -0.2) is 0 Å². The fraction of sp³-hybridized carbons (Fsp3) is 0.500. The number of benzene rings is 1. The molecule has 3 rings (SSSR count). The van der Waals surface area contributed by atoms with E-state index in [-0.39, 0.29) is 17.7 Å². The minimum absolute atomic E-state index is 0.0198. The molecule has 1 aromatic carbocycles.